The fourth-order valence-corrected chi connectivity index (χ4v) is 3.86. The van der Waals surface area contributed by atoms with Crippen molar-refractivity contribution in [3.05, 3.63) is 53.8 Å². The molecule has 0 aliphatic heterocycles. The smallest absolute Gasteiger partial charge is 0.250 e. The van der Waals surface area contributed by atoms with Crippen molar-refractivity contribution in [2.75, 3.05) is 6.26 Å². The molecule has 4 aromatic rings. The number of pyridine rings is 1. The topological polar surface area (TPSA) is 77.7 Å². The van der Waals surface area contributed by atoms with Crippen LogP contribution in [0.3, 0.4) is 0 Å². The zero-order valence-corrected chi connectivity index (χ0v) is 15.2. The molecule has 0 fully saturated rings. The molecule has 0 saturated heterocycles. The van der Waals surface area contributed by atoms with Crippen LogP contribution in [-0.4, -0.2) is 33.8 Å². The number of aromatic nitrogens is 4. The molecule has 3 aromatic heterocycles. The number of hydrogen-bond donors (Lipinski definition) is 0. The Hall–Kier alpha value is -2.58. The lowest BCUT2D eigenvalue weighted by atomic mass is 10.0. The van der Waals surface area contributed by atoms with E-state index < -0.39 is 10.0 Å². The summed E-state index contributed by atoms with van der Waals surface area (Å²) in [7, 11) is -3.49. The molecule has 1 aromatic carbocycles. The normalized spacial score (nSPS) is 11.9. The second kappa shape index (κ2) is 5.75. The van der Waals surface area contributed by atoms with E-state index in [1.807, 2.05) is 43.3 Å². The maximum atomic E-state index is 12.0. The zero-order chi connectivity index (χ0) is 17.6. The highest BCUT2D eigenvalue weighted by Crippen LogP contribution is 2.33. The van der Waals surface area contributed by atoms with E-state index in [9.17, 15) is 8.42 Å². The van der Waals surface area contributed by atoms with Crippen LogP contribution in [0.1, 0.15) is 5.69 Å². The molecular weight excluding hydrogens is 356 g/mol. The Labute approximate surface area is 148 Å². The largest absolute Gasteiger partial charge is 0.251 e. The Kier molecular flexibility index (Phi) is 3.66. The van der Waals surface area contributed by atoms with Crippen LogP contribution < -0.4 is 0 Å². The third-order valence-corrected chi connectivity index (χ3v) is 5.46. The van der Waals surface area contributed by atoms with Crippen molar-refractivity contribution in [3.63, 3.8) is 0 Å². The van der Waals surface area contributed by atoms with Gasteiger partial charge < -0.3 is 0 Å². The predicted molar refractivity (Wildman–Crippen MR) is 99.1 cm³/mol. The van der Waals surface area contributed by atoms with Crippen LogP contribution in [0.15, 0.2) is 48.1 Å². The van der Waals surface area contributed by atoms with Crippen molar-refractivity contribution in [2.45, 2.75) is 6.92 Å². The highest BCUT2D eigenvalue weighted by Gasteiger charge is 2.18. The number of benzene rings is 1. The Balaban J connectivity index is 1.98. The number of fused-ring (bicyclic) bond motifs is 1. The molecule has 0 saturated carbocycles. The summed E-state index contributed by atoms with van der Waals surface area (Å²) in [5.74, 6) is 0. The van der Waals surface area contributed by atoms with Gasteiger partial charge in [-0.05, 0) is 36.8 Å². The van der Waals surface area contributed by atoms with E-state index in [0.717, 1.165) is 37.4 Å². The zero-order valence-electron chi connectivity index (χ0n) is 13.5. The Bertz CT molecular complexity index is 1190. The summed E-state index contributed by atoms with van der Waals surface area (Å²) in [5, 5.41) is 4.29. The average Bonchev–Trinajstić information content (AvgIpc) is 3.20. The number of nitrogens with zero attached hydrogens (tertiary/aromatic N) is 4. The van der Waals surface area contributed by atoms with Crippen LogP contribution in [0.2, 0.25) is 0 Å². The quantitative estimate of drug-likeness (QED) is 0.553. The highest BCUT2D eigenvalue weighted by molar-refractivity contribution is 7.89. The van der Waals surface area contributed by atoms with Crippen molar-refractivity contribution in [1.82, 2.24) is 19.2 Å². The van der Waals surface area contributed by atoms with Gasteiger partial charge in [0.25, 0.3) is 10.0 Å². The fraction of sp³-hybridized carbons (Fsp3) is 0.118. The molecule has 0 aliphatic rings. The summed E-state index contributed by atoms with van der Waals surface area (Å²) < 4.78 is 26.0. The monoisotopic (exact) mass is 370 g/mol. The molecule has 0 aliphatic carbocycles. The highest BCUT2D eigenvalue weighted by atomic mass is 32.2. The summed E-state index contributed by atoms with van der Waals surface area (Å²) in [6.45, 7) is 1.89. The van der Waals surface area contributed by atoms with E-state index in [4.69, 9.17) is 0 Å². The lowest BCUT2D eigenvalue weighted by Gasteiger charge is -2.03. The molecular formula is C17H14N4O2S2. The van der Waals surface area contributed by atoms with Crippen LogP contribution in [0, 0.1) is 6.92 Å². The summed E-state index contributed by atoms with van der Waals surface area (Å²) in [5.41, 5.74) is 6.33. The lowest BCUT2D eigenvalue weighted by molar-refractivity contribution is 0.586. The van der Waals surface area contributed by atoms with Crippen molar-refractivity contribution in [1.29, 1.82) is 0 Å². The SMILES string of the molecule is Cc1cccc(-c2nn(S(C)(=O)=O)cc2-c2ccc3ncsc3c2)n1. The average molecular weight is 370 g/mol. The molecule has 0 radical (unpaired) electrons. The summed E-state index contributed by atoms with van der Waals surface area (Å²) in [4.78, 5) is 8.78. The van der Waals surface area contributed by atoms with Crippen molar-refractivity contribution in [2.24, 2.45) is 0 Å². The van der Waals surface area contributed by atoms with Gasteiger partial charge in [-0.25, -0.2) is 13.4 Å². The molecule has 126 valence electrons. The van der Waals surface area contributed by atoms with Crippen molar-refractivity contribution in [3.8, 4) is 22.5 Å². The minimum atomic E-state index is -3.49. The molecule has 0 amide bonds. The first-order valence-electron chi connectivity index (χ1n) is 7.50. The van der Waals surface area contributed by atoms with Crippen LogP contribution in [0.4, 0.5) is 0 Å². The molecule has 0 atom stereocenters. The second-order valence-electron chi connectivity index (χ2n) is 5.73. The standard InChI is InChI=1S/C17H14N4O2S2/c1-11-4-3-5-15(19-11)17-13(9-21(20-17)25(2,22)23)12-6-7-14-16(8-12)24-10-18-14/h3-10H,1-2H3. The molecule has 6 nitrogen and oxygen atoms in total. The summed E-state index contributed by atoms with van der Waals surface area (Å²) >= 11 is 1.54. The molecule has 0 unspecified atom stereocenters. The molecule has 8 heteroatoms. The first kappa shape index (κ1) is 15.9. The van der Waals surface area contributed by atoms with Gasteiger partial charge in [-0.15, -0.1) is 11.3 Å². The van der Waals surface area contributed by atoms with Gasteiger partial charge in [0, 0.05) is 11.3 Å². The predicted octanol–water partition coefficient (Wildman–Crippen LogP) is 3.34. The van der Waals surface area contributed by atoms with Crippen molar-refractivity contribution >= 4 is 31.6 Å². The van der Waals surface area contributed by atoms with E-state index in [2.05, 4.69) is 15.1 Å². The third-order valence-electron chi connectivity index (χ3n) is 3.81. The van der Waals surface area contributed by atoms with Gasteiger partial charge in [0.2, 0.25) is 0 Å². The summed E-state index contributed by atoms with van der Waals surface area (Å²) in [6, 6.07) is 11.4. The van der Waals surface area contributed by atoms with E-state index in [0.29, 0.717) is 11.4 Å². The van der Waals surface area contributed by atoms with Gasteiger partial charge in [0.05, 0.1) is 33.9 Å². The number of thiazole rings is 1. The van der Waals surface area contributed by atoms with Crippen LogP contribution in [0.5, 0.6) is 0 Å². The van der Waals surface area contributed by atoms with Gasteiger partial charge in [0.1, 0.15) is 5.69 Å². The Morgan fingerprint density at radius 1 is 1.16 bits per heavy atom. The first-order chi connectivity index (χ1) is 11.9. The minimum absolute atomic E-state index is 0.540. The number of aryl methyl sites for hydroxylation is 1. The fourth-order valence-electron chi connectivity index (χ4n) is 2.62. The molecule has 0 N–H and O–H groups in total. The maximum Gasteiger partial charge on any atom is 0.250 e. The Morgan fingerprint density at radius 3 is 2.76 bits per heavy atom. The van der Waals surface area contributed by atoms with E-state index in [1.165, 1.54) is 6.20 Å². The molecule has 25 heavy (non-hydrogen) atoms. The van der Waals surface area contributed by atoms with E-state index in [-0.39, 0.29) is 0 Å². The molecule has 0 spiro atoms. The molecule has 4 rings (SSSR count). The number of rotatable bonds is 3. The Morgan fingerprint density at radius 2 is 2.00 bits per heavy atom. The van der Waals surface area contributed by atoms with Crippen LogP contribution in [0.25, 0.3) is 32.7 Å². The lowest BCUT2D eigenvalue weighted by Crippen LogP contribution is -2.10. The first-order valence-corrected chi connectivity index (χ1v) is 10.2. The maximum absolute atomic E-state index is 12.0. The van der Waals surface area contributed by atoms with Gasteiger partial charge in [-0.3, -0.25) is 4.98 Å². The van der Waals surface area contributed by atoms with E-state index in [1.54, 1.807) is 16.8 Å². The molecule has 0 bridgehead atoms. The number of hydrogen-bond acceptors (Lipinski definition) is 6. The van der Waals surface area contributed by atoms with E-state index >= 15 is 0 Å². The van der Waals surface area contributed by atoms with Gasteiger partial charge in [0.15, 0.2) is 0 Å². The van der Waals surface area contributed by atoms with Gasteiger partial charge in [-0.1, -0.05) is 12.1 Å². The van der Waals surface area contributed by atoms with Gasteiger partial charge >= 0.3 is 0 Å². The van der Waals surface area contributed by atoms with Crippen LogP contribution >= 0.6 is 11.3 Å². The molecule has 3 heterocycles. The van der Waals surface area contributed by atoms with Gasteiger partial charge in [-0.2, -0.15) is 9.19 Å². The summed E-state index contributed by atoms with van der Waals surface area (Å²) in [6.07, 6.45) is 2.67. The second-order valence-corrected chi connectivity index (χ2v) is 8.45. The van der Waals surface area contributed by atoms with Crippen molar-refractivity contribution < 1.29 is 8.42 Å². The third kappa shape index (κ3) is 2.94. The van der Waals surface area contributed by atoms with Crippen LogP contribution in [-0.2, 0) is 10.0 Å². The minimum Gasteiger partial charge on any atom is -0.251 e.